The van der Waals surface area contributed by atoms with Gasteiger partial charge in [0.05, 0.1) is 16.7 Å². The fourth-order valence-electron chi connectivity index (χ4n) is 3.85. The molecule has 2 aromatic carbocycles. The van der Waals surface area contributed by atoms with Gasteiger partial charge in [-0.25, -0.2) is 17.1 Å². The lowest BCUT2D eigenvalue weighted by Gasteiger charge is -2.22. The van der Waals surface area contributed by atoms with Crippen LogP contribution in [0.2, 0.25) is 0 Å². The van der Waals surface area contributed by atoms with Crippen LogP contribution in [-0.4, -0.2) is 50.8 Å². The number of halogens is 1. The van der Waals surface area contributed by atoms with E-state index in [-0.39, 0.29) is 22.8 Å². The summed E-state index contributed by atoms with van der Waals surface area (Å²) in [5.41, 5.74) is 1.49. The Labute approximate surface area is 204 Å². The second kappa shape index (κ2) is 10.4. The van der Waals surface area contributed by atoms with Crippen LogP contribution in [0.3, 0.4) is 0 Å². The van der Waals surface area contributed by atoms with Crippen molar-refractivity contribution in [3.8, 4) is 11.5 Å². The van der Waals surface area contributed by atoms with Crippen LogP contribution in [-0.2, 0) is 16.6 Å². The zero-order valence-electron chi connectivity index (χ0n) is 19.6. The molecule has 1 aromatic heterocycles. The van der Waals surface area contributed by atoms with Crippen LogP contribution in [0.1, 0.15) is 28.8 Å². The molecule has 4 rings (SSSR count). The summed E-state index contributed by atoms with van der Waals surface area (Å²) in [6.45, 7) is 1.65. The Morgan fingerprint density at radius 3 is 2.57 bits per heavy atom. The summed E-state index contributed by atoms with van der Waals surface area (Å²) in [5.74, 6) is -0.545. The molecular weight excluding hydrogens is 471 g/mol. The average molecular weight is 499 g/mol. The minimum absolute atomic E-state index is 0.0403. The molecule has 1 aliphatic rings. The van der Waals surface area contributed by atoms with Gasteiger partial charge in [0.2, 0.25) is 10.0 Å². The first-order chi connectivity index (χ1) is 16.8. The Bertz CT molecular complexity index is 1310. The highest BCUT2D eigenvalue weighted by Gasteiger charge is 2.24. The number of sulfonamides is 1. The van der Waals surface area contributed by atoms with Crippen molar-refractivity contribution in [2.45, 2.75) is 24.3 Å². The molecular formula is C25H27FN4O4S. The van der Waals surface area contributed by atoms with Gasteiger partial charge in [-0.3, -0.25) is 9.78 Å². The fourth-order valence-corrected chi connectivity index (χ4v) is 4.78. The first kappa shape index (κ1) is 24.6. The first-order valence-electron chi connectivity index (χ1n) is 11.2. The van der Waals surface area contributed by atoms with Gasteiger partial charge in [-0.2, -0.15) is 0 Å². The summed E-state index contributed by atoms with van der Waals surface area (Å²) in [6, 6.07) is 12.4. The van der Waals surface area contributed by atoms with E-state index < -0.39 is 21.7 Å². The number of carbonyl (C=O) groups excluding carboxylic acids is 1. The number of aromatic nitrogens is 1. The molecule has 2 heterocycles. The van der Waals surface area contributed by atoms with Crippen molar-refractivity contribution in [2.24, 2.45) is 0 Å². The number of hydrogen-bond acceptors (Lipinski definition) is 6. The highest BCUT2D eigenvalue weighted by atomic mass is 32.2. The molecule has 3 aromatic rings. The molecule has 0 atom stereocenters. The van der Waals surface area contributed by atoms with Crippen molar-refractivity contribution in [3.63, 3.8) is 0 Å². The van der Waals surface area contributed by atoms with Gasteiger partial charge in [0.15, 0.2) is 11.6 Å². The van der Waals surface area contributed by atoms with Gasteiger partial charge in [0.25, 0.3) is 5.91 Å². The van der Waals surface area contributed by atoms with Gasteiger partial charge >= 0.3 is 0 Å². The summed E-state index contributed by atoms with van der Waals surface area (Å²) in [7, 11) is -0.821. The van der Waals surface area contributed by atoms with Crippen molar-refractivity contribution in [1.82, 2.24) is 14.6 Å². The lowest BCUT2D eigenvalue weighted by molar-refractivity contribution is 0.0951. The van der Waals surface area contributed by atoms with Crippen molar-refractivity contribution < 1.29 is 22.3 Å². The third-order valence-electron chi connectivity index (χ3n) is 5.75. The number of ether oxygens (including phenoxy) is 1. The number of pyridine rings is 1. The average Bonchev–Trinajstić information content (AvgIpc) is 3.39. The van der Waals surface area contributed by atoms with E-state index in [1.54, 1.807) is 30.5 Å². The molecule has 35 heavy (non-hydrogen) atoms. The molecule has 184 valence electrons. The van der Waals surface area contributed by atoms with Crippen molar-refractivity contribution in [1.29, 1.82) is 0 Å². The summed E-state index contributed by atoms with van der Waals surface area (Å²) in [5, 5.41) is 2.79. The van der Waals surface area contributed by atoms with Crippen molar-refractivity contribution in [3.05, 3.63) is 77.9 Å². The van der Waals surface area contributed by atoms with Crippen LogP contribution in [0.5, 0.6) is 11.5 Å². The van der Waals surface area contributed by atoms with Crippen LogP contribution in [0.4, 0.5) is 10.1 Å². The summed E-state index contributed by atoms with van der Waals surface area (Å²) in [6.07, 6.45) is 5.09. The monoisotopic (exact) mass is 498 g/mol. The normalized spacial score (nSPS) is 13.8. The number of nitrogens with zero attached hydrogens (tertiary/aromatic N) is 3. The minimum atomic E-state index is -3.71. The number of hydrogen-bond donors (Lipinski definition) is 1. The molecule has 0 saturated carbocycles. The van der Waals surface area contributed by atoms with Gasteiger partial charge < -0.3 is 15.0 Å². The van der Waals surface area contributed by atoms with E-state index in [1.807, 2.05) is 0 Å². The van der Waals surface area contributed by atoms with Crippen molar-refractivity contribution in [2.75, 3.05) is 32.1 Å². The lowest BCUT2D eigenvalue weighted by Crippen LogP contribution is -2.28. The fraction of sp³-hybridized carbons (Fsp3) is 0.280. The van der Waals surface area contributed by atoms with Gasteiger partial charge in [0, 0.05) is 45.6 Å². The van der Waals surface area contributed by atoms with Gasteiger partial charge in [0.1, 0.15) is 5.75 Å². The number of benzene rings is 2. The Morgan fingerprint density at radius 2 is 1.91 bits per heavy atom. The number of anilines is 1. The maximum Gasteiger partial charge on any atom is 0.253 e. The predicted molar refractivity (Wildman–Crippen MR) is 131 cm³/mol. The molecule has 1 amide bonds. The predicted octanol–water partition coefficient (Wildman–Crippen LogP) is 3.79. The topological polar surface area (TPSA) is 91.8 Å². The van der Waals surface area contributed by atoms with Crippen LogP contribution in [0.15, 0.2) is 65.8 Å². The van der Waals surface area contributed by atoms with Crippen molar-refractivity contribution >= 4 is 21.6 Å². The lowest BCUT2D eigenvalue weighted by atomic mass is 10.1. The van der Waals surface area contributed by atoms with Crippen LogP contribution < -0.4 is 15.0 Å². The zero-order valence-corrected chi connectivity index (χ0v) is 20.4. The van der Waals surface area contributed by atoms with Gasteiger partial charge in [-0.05, 0) is 60.9 Å². The Balaban J connectivity index is 1.53. The Hall–Kier alpha value is -3.50. The highest BCUT2D eigenvalue weighted by Crippen LogP contribution is 2.29. The first-order valence-corrected chi connectivity index (χ1v) is 12.7. The van der Waals surface area contributed by atoms with E-state index >= 15 is 0 Å². The quantitative estimate of drug-likeness (QED) is 0.508. The van der Waals surface area contributed by atoms with Crippen LogP contribution in [0, 0.1) is 5.82 Å². The molecule has 1 fully saturated rings. The summed E-state index contributed by atoms with van der Waals surface area (Å²) >= 11 is 0. The third-order valence-corrected chi connectivity index (χ3v) is 7.56. The van der Waals surface area contributed by atoms with E-state index in [4.69, 9.17) is 4.74 Å². The molecule has 0 spiro atoms. The molecule has 8 nitrogen and oxygen atoms in total. The molecule has 0 radical (unpaired) electrons. The van der Waals surface area contributed by atoms with Crippen LogP contribution in [0.25, 0.3) is 0 Å². The molecule has 10 heteroatoms. The number of carbonyl (C=O) groups is 1. The third kappa shape index (κ3) is 5.60. The Kier molecular flexibility index (Phi) is 7.32. The second-order valence-corrected chi connectivity index (χ2v) is 10.6. The SMILES string of the molecule is CN(C)S(=O)(=O)c1ccc(N2CCCC2)c(C(=O)NCc2ccc(Oc3cccnc3)c(F)c2)c1. The molecule has 1 saturated heterocycles. The minimum Gasteiger partial charge on any atom is -0.453 e. The highest BCUT2D eigenvalue weighted by molar-refractivity contribution is 7.89. The van der Waals surface area contributed by atoms with Gasteiger partial charge in [-0.15, -0.1) is 0 Å². The zero-order chi connectivity index (χ0) is 25.0. The molecule has 0 bridgehead atoms. The number of rotatable bonds is 8. The standard InChI is InChI=1S/C25H27FN4O4S/c1-29(2)35(32,33)20-8-9-23(30-12-3-4-13-30)21(15-20)25(31)28-16-18-7-10-24(22(26)14-18)34-19-6-5-11-27-17-19/h5-11,14-15,17H,3-4,12-13,16H2,1-2H3,(H,28,31). The maximum atomic E-state index is 14.6. The van der Waals surface area contributed by atoms with E-state index in [1.165, 1.54) is 44.6 Å². The Morgan fingerprint density at radius 1 is 1.14 bits per heavy atom. The number of nitrogens with one attached hydrogen (secondary N) is 1. The largest absolute Gasteiger partial charge is 0.453 e. The van der Waals surface area contributed by atoms with Gasteiger partial charge in [-0.1, -0.05) is 6.07 Å². The van der Waals surface area contributed by atoms with Crippen LogP contribution >= 0.6 is 0 Å². The van der Waals surface area contributed by atoms with E-state index in [2.05, 4.69) is 15.2 Å². The smallest absolute Gasteiger partial charge is 0.253 e. The second-order valence-electron chi connectivity index (χ2n) is 8.40. The molecule has 0 aliphatic carbocycles. The molecule has 0 unspecified atom stereocenters. The molecule has 1 aliphatic heterocycles. The number of amides is 1. The summed E-state index contributed by atoms with van der Waals surface area (Å²) < 4.78 is 46.5. The maximum absolute atomic E-state index is 14.6. The van der Waals surface area contributed by atoms with E-state index in [0.717, 1.165) is 30.2 Å². The summed E-state index contributed by atoms with van der Waals surface area (Å²) in [4.78, 5) is 19.2. The van der Waals surface area contributed by atoms with E-state index in [0.29, 0.717) is 17.0 Å². The molecule has 1 N–H and O–H groups in total. The van der Waals surface area contributed by atoms with E-state index in [9.17, 15) is 17.6 Å².